The van der Waals surface area contributed by atoms with Crippen LogP contribution in [0, 0.1) is 0 Å². The molecule has 32 valence electrons. The minimum atomic E-state index is 0. The minimum Gasteiger partial charge on any atom is -0.0504 e. The molecule has 0 aromatic heterocycles. The summed E-state index contributed by atoms with van der Waals surface area (Å²) < 4.78 is 0. The first-order chi connectivity index (χ1) is 1.00. The third-order valence-corrected chi connectivity index (χ3v) is 0. The summed E-state index contributed by atoms with van der Waals surface area (Å²) in [6, 6.07) is 0. The number of hydrogen-bond acceptors (Lipinski definition) is 0. The molecule has 0 aliphatic carbocycles. The zero-order valence-electron chi connectivity index (χ0n) is 2.71. The van der Waals surface area contributed by atoms with Gasteiger partial charge in [0.15, 0.2) is 15.6 Å². The van der Waals surface area contributed by atoms with E-state index >= 15 is 0 Å². The van der Waals surface area contributed by atoms with Gasteiger partial charge in [0.05, 0.1) is 0 Å². The first-order valence-corrected chi connectivity index (χ1v) is 9.00. The van der Waals surface area contributed by atoms with Crippen LogP contribution in [0.3, 0.4) is 0 Å². The summed E-state index contributed by atoms with van der Waals surface area (Å²) in [5.74, 6) is 0. The first kappa shape index (κ1) is 25.7. The van der Waals surface area contributed by atoms with Gasteiger partial charge in [0.25, 0.3) is 0 Å². The molecule has 0 aliphatic rings. The Labute approximate surface area is 80.3 Å². The fourth-order valence-electron chi connectivity index (χ4n) is 0. The number of hydrogen-bond donors (Lipinski definition) is 0. The average Bonchev–Trinajstić information content (AvgIpc) is 1.00. The van der Waals surface area contributed by atoms with Crippen molar-refractivity contribution >= 4 is 47.5 Å². The first-order valence-electron chi connectivity index (χ1n) is 1.00. The summed E-state index contributed by atoms with van der Waals surface area (Å²) in [7, 11) is 1.44. The zero-order chi connectivity index (χ0) is 2.00. The molecule has 5 heavy (non-hydrogen) atoms. The van der Waals surface area contributed by atoms with Crippen LogP contribution in [0.25, 0.3) is 0 Å². The maximum absolute atomic E-state index is 1.44. The van der Waals surface area contributed by atoms with Crippen molar-refractivity contribution in [1.82, 2.24) is 0 Å². The van der Waals surface area contributed by atoms with E-state index < -0.39 is 0 Å². The summed E-state index contributed by atoms with van der Waals surface area (Å²) in [6.45, 7) is 0. The Morgan fingerprint density at radius 2 is 1.20 bits per heavy atom. The van der Waals surface area contributed by atoms with E-state index in [1.54, 1.807) is 0 Å². The van der Waals surface area contributed by atoms with Gasteiger partial charge in [0, 0.05) is 33.8 Å². The predicted octanol–water partition coefficient (Wildman–Crippen LogP) is -3.02. The molecule has 0 atom stereocenters. The van der Waals surface area contributed by atoms with Crippen molar-refractivity contribution < 1.29 is 33.8 Å². The molecule has 0 amide bonds. The van der Waals surface area contributed by atoms with Crippen LogP contribution >= 0.6 is 0 Å². The SMILES string of the molecule is [AlH2][SiH3].[Co].[MgH2].[Mn]. The van der Waals surface area contributed by atoms with Crippen LogP contribution in [0.5, 0.6) is 0 Å². The fourth-order valence-corrected chi connectivity index (χ4v) is 0. The molecule has 0 saturated heterocycles. The fraction of sp³-hybridized carbons (Fsp3) is 0. The Morgan fingerprint density at radius 1 is 1.20 bits per heavy atom. The van der Waals surface area contributed by atoms with Crippen LogP contribution in [0.4, 0.5) is 0 Å². The second-order valence-electron chi connectivity index (χ2n) is 0. The van der Waals surface area contributed by atoms with Gasteiger partial charge < -0.3 is 0 Å². The molecule has 0 aliphatic heterocycles. The number of rotatable bonds is 0. The summed E-state index contributed by atoms with van der Waals surface area (Å²) in [5.41, 5.74) is 0. The van der Waals surface area contributed by atoms with Crippen molar-refractivity contribution in [1.29, 1.82) is 0 Å². The third kappa shape index (κ3) is 20.9. The smallest absolute Gasteiger partial charge is 0.0504 e. The van der Waals surface area contributed by atoms with Gasteiger partial charge >= 0.3 is 23.1 Å². The minimum absolute atomic E-state index is 0. The monoisotopic (exact) mass is 200 g/mol. The van der Waals surface area contributed by atoms with Crippen molar-refractivity contribution in [3.8, 4) is 0 Å². The molecule has 0 saturated carbocycles. The van der Waals surface area contributed by atoms with Gasteiger partial charge in [-0.2, -0.15) is 0 Å². The average molecular weight is 200 g/mol. The second kappa shape index (κ2) is 31.1. The van der Waals surface area contributed by atoms with Crippen molar-refractivity contribution in [2.45, 2.75) is 0 Å². The van der Waals surface area contributed by atoms with E-state index in [0.29, 0.717) is 0 Å². The van der Waals surface area contributed by atoms with E-state index in [0.717, 1.165) is 0 Å². The second-order valence-corrected chi connectivity index (χ2v) is 0. The topological polar surface area (TPSA) is 0 Å². The van der Waals surface area contributed by atoms with E-state index in [-0.39, 0.29) is 56.9 Å². The molecular formula is H7AlCoMgMnSi. The molecule has 0 aromatic carbocycles. The Kier molecular flexibility index (Phi) is 160. The van der Waals surface area contributed by atoms with E-state index in [9.17, 15) is 0 Å². The molecule has 0 rings (SSSR count). The summed E-state index contributed by atoms with van der Waals surface area (Å²) in [4.78, 5) is 0. The van der Waals surface area contributed by atoms with Gasteiger partial charge in [0.1, 0.15) is 0 Å². The molecule has 0 fully saturated rings. The summed E-state index contributed by atoms with van der Waals surface area (Å²) in [5, 5.41) is 0. The quantitative estimate of drug-likeness (QED) is 0.365. The predicted molar refractivity (Wildman–Crippen MR) is 27.0 cm³/mol. The van der Waals surface area contributed by atoms with Gasteiger partial charge in [0.2, 0.25) is 0 Å². The van der Waals surface area contributed by atoms with E-state index in [2.05, 4.69) is 0 Å². The van der Waals surface area contributed by atoms with E-state index in [1.165, 1.54) is 24.4 Å². The molecule has 0 unspecified atom stereocenters. The zero-order valence-corrected chi connectivity index (χ0v) is 8.93. The Hall–Kier alpha value is 2.54. The van der Waals surface area contributed by atoms with Crippen LogP contribution in [0.2, 0.25) is 0 Å². The Morgan fingerprint density at radius 3 is 1.20 bits per heavy atom. The van der Waals surface area contributed by atoms with Crippen molar-refractivity contribution in [2.75, 3.05) is 0 Å². The molecule has 2 radical (unpaired) electrons. The van der Waals surface area contributed by atoms with E-state index in [4.69, 9.17) is 0 Å². The van der Waals surface area contributed by atoms with Crippen LogP contribution in [0.1, 0.15) is 0 Å². The standard InChI is InChI=1S/Al.Co.Mg.Mn.H3Si.4H/h;;;;1H3;;;;. The molecule has 0 bridgehead atoms. The molecule has 5 heteroatoms. The molecule has 0 aromatic rings. The van der Waals surface area contributed by atoms with Crippen molar-refractivity contribution in [2.24, 2.45) is 0 Å². The molecule has 0 N–H and O–H groups in total. The maximum Gasteiger partial charge on any atom is 0.316 e. The molecule has 0 nitrogen and oxygen atoms in total. The van der Waals surface area contributed by atoms with Crippen LogP contribution < -0.4 is 0 Å². The van der Waals surface area contributed by atoms with Gasteiger partial charge in [-0.15, -0.1) is 0 Å². The van der Waals surface area contributed by atoms with Gasteiger partial charge in [-0.1, -0.05) is 8.80 Å². The van der Waals surface area contributed by atoms with Crippen molar-refractivity contribution in [3.63, 3.8) is 0 Å². The Bertz CT molecular complexity index is 11.6. The van der Waals surface area contributed by atoms with Gasteiger partial charge in [-0.25, -0.2) is 0 Å². The summed E-state index contributed by atoms with van der Waals surface area (Å²) >= 11 is 1.44. The van der Waals surface area contributed by atoms with Crippen LogP contribution in [-0.2, 0) is 33.8 Å². The third-order valence-electron chi connectivity index (χ3n) is 0. The van der Waals surface area contributed by atoms with Gasteiger partial charge in [-0.3, -0.25) is 0 Å². The van der Waals surface area contributed by atoms with Gasteiger partial charge in [-0.05, 0) is 0 Å². The van der Waals surface area contributed by atoms with Crippen LogP contribution in [-0.4, -0.2) is 47.5 Å². The normalized spacial score (nSPS) is 1.60. The molecule has 0 spiro atoms. The maximum atomic E-state index is 1.44. The largest absolute Gasteiger partial charge is 0.316 e. The summed E-state index contributed by atoms with van der Waals surface area (Å²) in [6.07, 6.45) is 0. The van der Waals surface area contributed by atoms with Crippen molar-refractivity contribution in [3.05, 3.63) is 0 Å². The Balaban J connectivity index is -0.00000000167. The van der Waals surface area contributed by atoms with E-state index in [1.807, 2.05) is 0 Å². The van der Waals surface area contributed by atoms with Crippen LogP contribution in [0.15, 0.2) is 0 Å². The molecule has 0 heterocycles. The molecular weight excluding hydrogens is 193 g/mol.